The topological polar surface area (TPSA) is 87.2 Å². The molecule has 7 nitrogen and oxygen atoms in total. The molecule has 5 rings (SSSR count). The van der Waals surface area contributed by atoms with Crippen molar-refractivity contribution in [2.75, 3.05) is 18.0 Å². The molecule has 1 aliphatic carbocycles. The summed E-state index contributed by atoms with van der Waals surface area (Å²) in [6, 6.07) is 7.86. The van der Waals surface area contributed by atoms with Crippen LogP contribution in [0.25, 0.3) is 22.3 Å². The van der Waals surface area contributed by atoms with E-state index in [1.807, 2.05) is 30.5 Å². The number of aliphatic hydroxyl groups is 1. The summed E-state index contributed by atoms with van der Waals surface area (Å²) in [6.45, 7) is 3.74. The van der Waals surface area contributed by atoms with Gasteiger partial charge in [-0.3, -0.25) is 5.10 Å². The number of rotatable bonds is 4. The standard InChI is InChI=1S/C20H23N5O2/c1-20(7-8-20)27-17-3-2-15-19(22-17)18(24-23-15)13-4-9-21-16(12-13)25-10-5-14(26)6-11-25/h2-4,9,12,14,26H,5-8,10-11H2,1H3,(H,23,24). The molecular formula is C20H23N5O2. The molecule has 0 atom stereocenters. The van der Waals surface area contributed by atoms with E-state index in [2.05, 4.69) is 27.0 Å². The van der Waals surface area contributed by atoms with Crippen molar-refractivity contribution in [3.05, 3.63) is 30.5 Å². The molecule has 4 heterocycles. The van der Waals surface area contributed by atoms with Crippen molar-refractivity contribution in [1.29, 1.82) is 0 Å². The van der Waals surface area contributed by atoms with Crippen molar-refractivity contribution in [3.8, 4) is 17.1 Å². The number of hydrogen-bond acceptors (Lipinski definition) is 6. The second-order valence-electron chi connectivity index (χ2n) is 7.79. The maximum Gasteiger partial charge on any atom is 0.214 e. The van der Waals surface area contributed by atoms with E-state index in [0.717, 1.165) is 66.9 Å². The number of aliphatic hydroxyl groups excluding tert-OH is 1. The molecule has 1 saturated heterocycles. The number of pyridine rings is 2. The Labute approximate surface area is 157 Å². The smallest absolute Gasteiger partial charge is 0.214 e. The first-order valence-corrected chi connectivity index (χ1v) is 9.53. The molecule has 0 radical (unpaired) electrons. The van der Waals surface area contributed by atoms with Crippen molar-refractivity contribution in [1.82, 2.24) is 20.2 Å². The van der Waals surface area contributed by atoms with Crippen LogP contribution in [0.5, 0.6) is 5.88 Å². The lowest BCUT2D eigenvalue weighted by molar-refractivity contribution is 0.145. The number of ether oxygens (including phenoxy) is 1. The maximum atomic E-state index is 9.73. The van der Waals surface area contributed by atoms with Gasteiger partial charge >= 0.3 is 0 Å². The molecule has 0 amide bonds. The lowest BCUT2D eigenvalue weighted by Crippen LogP contribution is -2.36. The highest BCUT2D eigenvalue weighted by molar-refractivity contribution is 5.90. The highest BCUT2D eigenvalue weighted by Gasteiger charge is 2.40. The summed E-state index contributed by atoms with van der Waals surface area (Å²) in [4.78, 5) is 11.4. The van der Waals surface area contributed by atoms with Gasteiger partial charge in [-0.2, -0.15) is 5.10 Å². The second-order valence-corrected chi connectivity index (χ2v) is 7.79. The van der Waals surface area contributed by atoms with E-state index in [9.17, 15) is 5.11 Å². The first kappa shape index (κ1) is 16.5. The SMILES string of the molecule is CC1(Oc2ccc3[nH]nc(-c4ccnc(N5CCC(O)CC5)c4)c3n2)CC1. The zero-order valence-electron chi connectivity index (χ0n) is 15.4. The van der Waals surface area contributed by atoms with Gasteiger partial charge in [0.05, 0.1) is 11.6 Å². The van der Waals surface area contributed by atoms with Crippen molar-refractivity contribution in [2.24, 2.45) is 0 Å². The molecule has 2 fully saturated rings. The Bertz CT molecular complexity index is 973. The van der Waals surface area contributed by atoms with E-state index in [1.54, 1.807) is 0 Å². The Hall–Kier alpha value is -2.67. The molecular weight excluding hydrogens is 342 g/mol. The van der Waals surface area contributed by atoms with E-state index in [1.165, 1.54) is 0 Å². The monoisotopic (exact) mass is 365 g/mol. The van der Waals surface area contributed by atoms with E-state index in [-0.39, 0.29) is 11.7 Å². The number of aromatic nitrogens is 4. The van der Waals surface area contributed by atoms with Gasteiger partial charge in [-0.05, 0) is 50.8 Å². The van der Waals surface area contributed by atoms with Crippen LogP contribution in [0.2, 0.25) is 0 Å². The number of nitrogens with zero attached hydrogens (tertiary/aromatic N) is 4. The molecule has 0 unspecified atom stereocenters. The normalized spacial score (nSPS) is 19.4. The maximum absolute atomic E-state index is 9.73. The summed E-state index contributed by atoms with van der Waals surface area (Å²) < 4.78 is 6.01. The summed E-state index contributed by atoms with van der Waals surface area (Å²) in [5, 5.41) is 17.3. The van der Waals surface area contributed by atoms with Crippen molar-refractivity contribution in [2.45, 2.75) is 44.3 Å². The molecule has 7 heteroatoms. The molecule has 140 valence electrons. The number of aromatic amines is 1. The lowest BCUT2D eigenvalue weighted by Gasteiger charge is -2.30. The van der Waals surface area contributed by atoms with Gasteiger partial charge in [0.1, 0.15) is 22.6 Å². The first-order chi connectivity index (χ1) is 13.1. The van der Waals surface area contributed by atoms with Gasteiger partial charge < -0.3 is 14.7 Å². The Morgan fingerprint density at radius 2 is 2.04 bits per heavy atom. The van der Waals surface area contributed by atoms with E-state index in [4.69, 9.17) is 9.72 Å². The number of fused-ring (bicyclic) bond motifs is 1. The minimum Gasteiger partial charge on any atom is -0.471 e. The summed E-state index contributed by atoms with van der Waals surface area (Å²) in [5.74, 6) is 1.55. The lowest BCUT2D eigenvalue weighted by atomic mass is 10.1. The fourth-order valence-electron chi connectivity index (χ4n) is 3.50. The molecule has 0 spiro atoms. The minimum atomic E-state index is -0.198. The van der Waals surface area contributed by atoms with Crippen molar-refractivity contribution in [3.63, 3.8) is 0 Å². The summed E-state index contributed by atoms with van der Waals surface area (Å²) in [5.41, 5.74) is 3.41. The minimum absolute atomic E-state index is 0.0623. The van der Waals surface area contributed by atoms with Gasteiger partial charge in [0.15, 0.2) is 0 Å². The zero-order chi connectivity index (χ0) is 18.4. The Balaban J connectivity index is 1.47. The van der Waals surface area contributed by atoms with Crippen LogP contribution < -0.4 is 9.64 Å². The molecule has 1 aliphatic heterocycles. The highest BCUT2D eigenvalue weighted by Crippen LogP contribution is 2.39. The average molecular weight is 365 g/mol. The molecule has 0 bridgehead atoms. The fraction of sp³-hybridized carbons (Fsp3) is 0.450. The van der Waals surface area contributed by atoms with Gasteiger partial charge in [-0.1, -0.05) is 0 Å². The van der Waals surface area contributed by atoms with Crippen LogP contribution in [0.15, 0.2) is 30.5 Å². The third kappa shape index (κ3) is 3.23. The highest BCUT2D eigenvalue weighted by atomic mass is 16.5. The number of hydrogen-bond donors (Lipinski definition) is 2. The van der Waals surface area contributed by atoms with Crippen LogP contribution in [-0.4, -0.2) is 50.1 Å². The molecule has 27 heavy (non-hydrogen) atoms. The third-order valence-electron chi connectivity index (χ3n) is 5.49. The van der Waals surface area contributed by atoms with Gasteiger partial charge in [0.25, 0.3) is 0 Å². The van der Waals surface area contributed by atoms with Crippen LogP contribution in [-0.2, 0) is 0 Å². The van der Waals surface area contributed by atoms with E-state index in [0.29, 0.717) is 5.88 Å². The Morgan fingerprint density at radius 1 is 1.22 bits per heavy atom. The largest absolute Gasteiger partial charge is 0.471 e. The number of piperidine rings is 1. The molecule has 0 aromatic carbocycles. The van der Waals surface area contributed by atoms with Crippen molar-refractivity contribution < 1.29 is 9.84 Å². The summed E-state index contributed by atoms with van der Waals surface area (Å²) >= 11 is 0. The molecule has 2 aliphatic rings. The second kappa shape index (κ2) is 6.20. The summed E-state index contributed by atoms with van der Waals surface area (Å²) in [7, 11) is 0. The quantitative estimate of drug-likeness (QED) is 0.739. The van der Waals surface area contributed by atoms with Crippen molar-refractivity contribution >= 4 is 16.9 Å². The number of nitrogens with one attached hydrogen (secondary N) is 1. The Kier molecular flexibility index (Phi) is 3.79. The van der Waals surface area contributed by atoms with Crippen LogP contribution in [0.4, 0.5) is 5.82 Å². The molecule has 3 aromatic rings. The molecule has 2 N–H and O–H groups in total. The molecule has 1 saturated carbocycles. The summed E-state index contributed by atoms with van der Waals surface area (Å²) in [6.07, 6.45) is 5.31. The van der Waals surface area contributed by atoms with Gasteiger partial charge in [0.2, 0.25) is 5.88 Å². The third-order valence-corrected chi connectivity index (χ3v) is 5.49. The average Bonchev–Trinajstić information content (AvgIpc) is 3.25. The van der Waals surface area contributed by atoms with Crippen LogP contribution >= 0.6 is 0 Å². The van der Waals surface area contributed by atoms with Crippen LogP contribution in [0.1, 0.15) is 32.6 Å². The van der Waals surface area contributed by atoms with Gasteiger partial charge in [0, 0.05) is 30.9 Å². The number of anilines is 1. The number of H-pyrrole nitrogens is 1. The zero-order valence-corrected chi connectivity index (χ0v) is 15.4. The fourth-order valence-corrected chi connectivity index (χ4v) is 3.50. The van der Waals surface area contributed by atoms with Crippen LogP contribution in [0, 0.1) is 0 Å². The van der Waals surface area contributed by atoms with Gasteiger partial charge in [-0.15, -0.1) is 0 Å². The van der Waals surface area contributed by atoms with E-state index < -0.39 is 0 Å². The van der Waals surface area contributed by atoms with Crippen LogP contribution in [0.3, 0.4) is 0 Å². The van der Waals surface area contributed by atoms with Gasteiger partial charge in [-0.25, -0.2) is 9.97 Å². The van der Waals surface area contributed by atoms with E-state index >= 15 is 0 Å². The Morgan fingerprint density at radius 3 is 2.81 bits per heavy atom. The predicted octanol–water partition coefficient (Wildman–Crippen LogP) is 2.91. The predicted molar refractivity (Wildman–Crippen MR) is 103 cm³/mol. The molecule has 3 aromatic heterocycles. The first-order valence-electron chi connectivity index (χ1n) is 9.53.